The molecule has 0 aromatic carbocycles. The van der Waals surface area contributed by atoms with Crippen LogP contribution in [0, 0.1) is 0 Å². The molecule has 0 unspecified atom stereocenters. The van der Waals surface area contributed by atoms with Crippen LogP contribution in [0.2, 0.25) is 0 Å². The first-order chi connectivity index (χ1) is 22.1. The number of hydrogen-bond donors (Lipinski definition) is 4. The van der Waals surface area contributed by atoms with Crippen LogP contribution in [0.5, 0.6) is 0 Å². The van der Waals surface area contributed by atoms with Gasteiger partial charge in [-0.2, -0.15) is 11.8 Å². The minimum Gasteiger partial charge on any atom is -0.481 e. The maximum absolute atomic E-state index is 12.0. The van der Waals surface area contributed by atoms with Crippen LogP contribution >= 0.6 is 11.8 Å². The van der Waals surface area contributed by atoms with E-state index >= 15 is 0 Å². The van der Waals surface area contributed by atoms with E-state index in [1.807, 2.05) is 11.8 Å². The number of hydrogen-bond acceptors (Lipinski definition) is 12. The van der Waals surface area contributed by atoms with Crippen molar-refractivity contribution in [2.45, 2.75) is 49.4 Å². The molecule has 3 atom stereocenters. The fraction of sp³-hybridized carbons (Fsp3) is 0.897. The molecule has 0 radical (unpaired) electrons. The van der Waals surface area contributed by atoms with Gasteiger partial charge in [-0.1, -0.05) is 6.42 Å². The largest absolute Gasteiger partial charge is 0.481 e. The van der Waals surface area contributed by atoms with E-state index in [0.717, 1.165) is 25.0 Å². The maximum atomic E-state index is 12.0. The number of unbranched alkanes of at least 4 members (excludes halogenated alkanes) is 1. The van der Waals surface area contributed by atoms with Gasteiger partial charge in [-0.15, -0.1) is 0 Å². The molecule has 0 aromatic rings. The highest BCUT2D eigenvalue weighted by Crippen LogP contribution is 2.33. The Balaban J connectivity index is 1.18. The zero-order valence-corrected chi connectivity index (χ0v) is 27.2. The summed E-state index contributed by atoms with van der Waals surface area (Å²) in [6.45, 7) is 7.47. The fourth-order valence-electron chi connectivity index (χ4n) is 4.43. The van der Waals surface area contributed by atoms with E-state index < -0.39 is 5.97 Å². The summed E-state index contributed by atoms with van der Waals surface area (Å²) in [6, 6.07) is 0.401. The van der Waals surface area contributed by atoms with Gasteiger partial charge in [-0.3, -0.25) is 9.59 Å². The van der Waals surface area contributed by atoms with E-state index in [1.54, 1.807) is 0 Å². The van der Waals surface area contributed by atoms with Gasteiger partial charge in [0.1, 0.15) is 0 Å². The van der Waals surface area contributed by atoms with Gasteiger partial charge in [0.05, 0.1) is 124 Å². The molecule has 2 fully saturated rings. The number of urea groups is 1. The number of thioether (sulfide) groups is 1. The predicted molar refractivity (Wildman–Crippen MR) is 166 cm³/mol. The lowest BCUT2D eigenvalue weighted by atomic mass is 10.0. The van der Waals surface area contributed by atoms with E-state index in [4.69, 9.17) is 43.0 Å². The molecule has 45 heavy (non-hydrogen) atoms. The molecule has 0 saturated carbocycles. The van der Waals surface area contributed by atoms with Gasteiger partial charge >= 0.3 is 12.0 Å². The van der Waals surface area contributed by atoms with Crippen LogP contribution in [0.25, 0.3) is 0 Å². The van der Waals surface area contributed by atoms with E-state index in [2.05, 4.69) is 16.0 Å². The molecule has 0 aromatic heterocycles. The zero-order chi connectivity index (χ0) is 32.2. The summed E-state index contributed by atoms with van der Waals surface area (Å²) in [5.74, 6) is 0.119. The highest BCUT2D eigenvalue weighted by molar-refractivity contribution is 8.00. The predicted octanol–water partition coefficient (Wildman–Crippen LogP) is 0.436. The van der Waals surface area contributed by atoms with Crippen molar-refractivity contribution in [3.05, 3.63) is 0 Å². The highest BCUT2D eigenvalue weighted by Gasteiger charge is 2.42. The molecule has 16 heteroatoms. The number of aliphatic carboxylic acids is 1. The summed E-state index contributed by atoms with van der Waals surface area (Å²) in [6.07, 6.45) is 3.32. The van der Waals surface area contributed by atoms with Crippen molar-refractivity contribution >= 4 is 29.7 Å². The Morgan fingerprint density at radius 3 is 1.62 bits per heavy atom. The number of carboxylic acids is 1. The van der Waals surface area contributed by atoms with Gasteiger partial charge in [0.25, 0.3) is 0 Å². The van der Waals surface area contributed by atoms with Crippen LogP contribution in [-0.4, -0.2) is 158 Å². The van der Waals surface area contributed by atoms with Crippen molar-refractivity contribution in [1.29, 1.82) is 0 Å². The van der Waals surface area contributed by atoms with Gasteiger partial charge in [-0.05, 0) is 12.8 Å². The summed E-state index contributed by atoms with van der Waals surface area (Å²) in [7, 11) is 0. The first kappa shape index (κ1) is 39.4. The standard InChI is InChI=1S/C29H53N3O12S/c33-26(4-2-1-3-25-28-24(23-45-25)31-29(36)32-28)30-6-8-38-10-12-40-14-16-42-18-20-44-22-21-43-19-17-41-15-13-39-11-9-37-7-5-27(34)35/h24-25,28H,1-23H2,(H,30,33)(H,34,35)(H2,31,32,36)/t24-,25-,28-/m0/s1. The number of rotatable bonds is 32. The summed E-state index contributed by atoms with van der Waals surface area (Å²) in [5, 5.41) is 17.7. The highest BCUT2D eigenvalue weighted by atomic mass is 32.2. The lowest BCUT2D eigenvalue weighted by Crippen LogP contribution is -2.36. The van der Waals surface area contributed by atoms with Crippen molar-refractivity contribution in [2.24, 2.45) is 0 Å². The molecule has 0 aliphatic carbocycles. The molecule has 15 nitrogen and oxygen atoms in total. The lowest BCUT2D eigenvalue weighted by molar-refractivity contribution is -0.138. The zero-order valence-electron chi connectivity index (χ0n) is 26.3. The van der Waals surface area contributed by atoms with Crippen molar-refractivity contribution in [3.63, 3.8) is 0 Å². The third-order valence-corrected chi connectivity index (χ3v) is 8.22. The molecule has 2 aliphatic rings. The van der Waals surface area contributed by atoms with E-state index in [-0.39, 0.29) is 37.0 Å². The fourth-order valence-corrected chi connectivity index (χ4v) is 5.97. The molecular weight excluding hydrogens is 614 g/mol. The Hall–Kier alpha value is -1.76. The molecule has 2 rings (SSSR count). The van der Waals surface area contributed by atoms with Gasteiger partial charge in [-0.25, -0.2) is 4.79 Å². The molecule has 4 N–H and O–H groups in total. The SMILES string of the molecule is O=C(O)CCOCCOCCOCCOCCOCCOCCOCCOCCNC(=O)CCCC[C@@H]1SC[C@@H]2NC(=O)N[C@@H]21. The van der Waals surface area contributed by atoms with E-state index in [0.29, 0.717) is 117 Å². The molecule has 3 amide bonds. The number of carbonyl (C=O) groups is 3. The van der Waals surface area contributed by atoms with Crippen LogP contribution in [0.4, 0.5) is 4.79 Å². The second kappa shape index (κ2) is 27.4. The summed E-state index contributed by atoms with van der Waals surface area (Å²) >= 11 is 1.90. The Bertz CT molecular complexity index is 785. The van der Waals surface area contributed by atoms with E-state index in [1.165, 1.54) is 0 Å². The molecule has 262 valence electrons. The molecule has 2 aliphatic heterocycles. The monoisotopic (exact) mass is 667 g/mol. The number of carbonyl (C=O) groups excluding carboxylic acids is 2. The van der Waals surface area contributed by atoms with Gasteiger partial charge in [0.2, 0.25) is 5.91 Å². The average Bonchev–Trinajstić information content (AvgIpc) is 3.57. The van der Waals surface area contributed by atoms with Gasteiger partial charge < -0.3 is 59.0 Å². The van der Waals surface area contributed by atoms with Crippen molar-refractivity contribution in [1.82, 2.24) is 16.0 Å². The Labute approximate surface area is 270 Å². The lowest BCUT2D eigenvalue weighted by Gasteiger charge is -2.16. The normalized spacial score (nSPS) is 18.9. The molecule has 0 bridgehead atoms. The third-order valence-electron chi connectivity index (χ3n) is 6.71. The molecule has 2 heterocycles. The molecular formula is C29H53N3O12S. The maximum Gasteiger partial charge on any atom is 0.315 e. The van der Waals surface area contributed by atoms with Crippen LogP contribution in [-0.2, 0) is 47.5 Å². The molecule has 0 spiro atoms. The summed E-state index contributed by atoms with van der Waals surface area (Å²) < 4.78 is 43.1. The number of carboxylic acid groups (broad SMARTS) is 1. The second-order valence-electron chi connectivity index (χ2n) is 10.3. The van der Waals surface area contributed by atoms with Crippen LogP contribution < -0.4 is 16.0 Å². The third kappa shape index (κ3) is 21.6. The van der Waals surface area contributed by atoms with Gasteiger partial charge in [0, 0.05) is 24.0 Å². The first-order valence-electron chi connectivity index (χ1n) is 15.9. The topological polar surface area (TPSA) is 181 Å². The van der Waals surface area contributed by atoms with Crippen LogP contribution in [0.1, 0.15) is 32.1 Å². The van der Waals surface area contributed by atoms with Crippen molar-refractivity contribution < 1.29 is 57.4 Å². The molecule has 2 saturated heterocycles. The Kier molecular flexibility index (Phi) is 24.0. The minimum absolute atomic E-state index is 0.00592. The minimum atomic E-state index is -0.877. The smallest absolute Gasteiger partial charge is 0.315 e. The number of fused-ring (bicyclic) bond motifs is 1. The first-order valence-corrected chi connectivity index (χ1v) is 16.9. The second-order valence-corrected chi connectivity index (χ2v) is 11.5. The summed E-state index contributed by atoms with van der Waals surface area (Å²) in [4.78, 5) is 33.8. The van der Waals surface area contributed by atoms with Gasteiger partial charge in [0.15, 0.2) is 0 Å². The van der Waals surface area contributed by atoms with Crippen LogP contribution in [0.3, 0.4) is 0 Å². The Morgan fingerprint density at radius 2 is 1.13 bits per heavy atom. The van der Waals surface area contributed by atoms with E-state index in [9.17, 15) is 14.4 Å². The Morgan fingerprint density at radius 1 is 0.667 bits per heavy atom. The van der Waals surface area contributed by atoms with Crippen molar-refractivity contribution in [3.8, 4) is 0 Å². The number of ether oxygens (including phenoxy) is 8. The van der Waals surface area contributed by atoms with Crippen molar-refractivity contribution in [2.75, 3.05) is 118 Å². The quantitative estimate of drug-likeness (QED) is 0.0574. The number of nitrogens with one attached hydrogen (secondary N) is 3. The van der Waals surface area contributed by atoms with Crippen LogP contribution in [0.15, 0.2) is 0 Å². The summed E-state index contributed by atoms with van der Waals surface area (Å²) in [5.41, 5.74) is 0. The number of amides is 3. The average molecular weight is 668 g/mol.